The Morgan fingerprint density at radius 1 is 1.00 bits per heavy atom. The highest BCUT2D eigenvalue weighted by Gasteiger charge is 2.19. The van der Waals surface area contributed by atoms with Crippen LogP contribution < -0.4 is 0 Å². The van der Waals surface area contributed by atoms with Crippen molar-refractivity contribution in [1.29, 1.82) is 0 Å². The Labute approximate surface area is 142 Å². The molecule has 0 atom stereocenters. The fourth-order valence-corrected chi connectivity index (χ4v) is 2.68. The Balaban J connectivity index is 2.29. The van der Waals surface area contributed by atoms with Crippen LogP contribution in [0.5, 0.6) is 0 Å². The van der Waals surface area contributed by atoms with E-state index in [9.17, 15) is 9.59 Å². The van der Waals surface area contributed by atoms with Crippen LogP contribution in [0.1, 0.15) is 40.4 Å². The molecular formula is C20H23NO3. The van der Waals surface area contributed by atoms with Gasteiger partial charge in [0, 0.05) is 18.7 Å². The average Bonchev–Trinajstić information content (AvgIpc) is 2.59. The highest BCUT2D eigenvalue weighted by Crippen LogP contribution is 2.17. The quantitative estimate of drug-likeness (QED) is 0.845. The molecule has 0 aliphatic carbocycles. The Morgan fingerprint density at radius 3 is 2.25 bits per heavy atom. The highest BCUT2D eigenvalue weighted by atomic mass is 16.4. The SMILES string of the molecule is CCc1ccccc1C(=O)N(CCC(=O)O)Cc1ccccc1C. The smallest absolute Gasteiger partial charge is 0.305 e. The molecule has 24 heavy (non-hydrogen) atoms. The number of carboxylic acids is 1. The Hall–Kier alpha value is -2.62. The van der Waals surface area contributed by atoms with Gasteiger partial charge in [-0.2, -0.15) is 0 Å². The average molecular weight is 325 g/mol. The van der Waals surface area contributed by atoms with E-state index in [2.05, 4.69) is 0 Å². The molecule has 0 bridgehead atoms. The number of hydrogen-bond donors (Lipinski definition) is 1. The van der Waals surface area contributed by atoms with Crippen LogP contribution in [0.3, 0.4) is 0 Å². The van der Waals surface area contributed by atoms with Gasteiger partial charge in [0.25, 0.3) is 5.91 Å². The van der Waals surface area contributed by atoms with E-state index in [0.29, 0.717) is 12.1 Å². The van der Waals surface area contributed by atoms with E-state index < -0.39 is 5.97 Å². The summed E-state index contributed by atoms with van der Waals surface area (Å²) in [7, 11) is 0. The predicted octanol–water partition coefficient (Wildman–Crippen LogP) is 3.67. The van der Waals surface area contributed by atoms with Crippen molar-refractivity contribution in [2.75, 3.05) is 6.54 Å². The molecule has 126 valence electrons. The van der Waals surface area contributed by atoms with Crippen LogP contribution >= 0.6 is 0 Å². The first-order valence-electron chi connectivity index (χ1n) is 8.16. The Bertz CT molecular complexity index is 724. The summed E-state index contributed by atoms with van der Waals surface area (Å²) in [5.74, 6) is -1.02. The topological polar surface area (TPSA) is 57.6 Å². The Kier molecular flexibility index (Phi) is 6.13. The lowest BCUT2D eigenvalue weighted by Crippen LogP contribution is -2.33. The van der Waals surface area contributed by atoms with Gasteiger partial charge >= 0.3 is 5.97 Å². The van der Waals surface area contributed by atoms with E-state index in [1.807, 2.05) is 62.4 Å². The fraction of sp³-hybridized carbons (Fsp3) is 0.300. The molecule has 2 aromatic rings. The van der Waals surface area contributed by atoms with E-state index in [0.717, 1.165) is 23.1 Å². The van der Waals surface area contributed by atoms with Crippen molar-refractivity contribution in [3.8, 4) is 0 Å². The number of amides is 1. The third-order valence-corrected chi connectivity index (χ3v) is 4.13. The van der Waals surface area contributed by atoms with Gasteiger partial charge in [0.1, 0.15) is 0 Å². The van der Waals surface area contributed by atoms with Crippen LogP contribution in [-0.2, 0) is 17.8 Å². The number of hydrogen-bond acceptors (Lipinski definition) is 2. The normalized spacial score (nSPS) is 10.4. The van der Waals surface area contributed by atoms with E-state index in [4.69, 9.17) is 5.11 Å². The number of benzene rings is 2. The zero-order chi connectivity index (χ0) is 17.5. The molecule has 0 aromatic heterocycles. The zero-order valence-corrected chi connectivity index (χ0v) is 14.2. The van der Waals surface area contributed by atoms with Crippen LogP contribution in [0.2, 0.25) is 0 Å². The molecular weight excluding hydrogens is 302 g/mol. The van der Waals surface area contributed by atoms with Crippen molar-refractivity contribution in [3.63, 3.8) is 0 Å². The third-order valence-electron chi connectivity index (χ3n) is 4.13. The van der Waals surface area contributed by atoms with Gasteiger partial charge in [-0.3, -0.25) is 9.59 Å². The summed E-state index contributed by atoms with van der Waals surface area (Å²) >= 11 is 0. The first kappa shape index (κ1) is 17.7. The summed E-state index contributed by atoms with van der Waals surface area (Å²) in [6.07, 6.45) is 0.699. The van der Waals surface area contributed by atoms with Crippen molar-refractivity contribution in [2.45, 2.75) is 33.2 Å². The third kappa shape index (κ3) is 4.44. The predicted molar refractivity (Wildman–Crippen MR) is 94.0 cm³/mol. The van der Waals surface area contributed by atoms with Crippen LogP contribution in [0.15, 0.2) is 48.5 Å². The number of aryl methyl sites for hydroxylation is 2. The summed E-state index contributed by atoms with van der Waals surface area (Å²) in [5.41, 5.74) is 3.76. The lowest BCUT2D eigenvalue weighted by Gasteiger charge is -2.24. The molecule has 0 unspecified atom stereocenters. The molecule has 0 heterocycles. The van der Waals surface area contributed by atoms with Crippen LogP contribution in [0.4, 0.5) is 0 Å². The van der Waals surface area contributed by atoms with E-state index in [-0.39, 0.29) is 18.9 Å². The van der Waals surface area contributed by atoms with Gasteiger partial charge in [0.05, 0.1) is 6.42 Å². The second kappa shape index (κ2) is 8.29. The van der Waals surface area contributed by atoms with Crippen LogP contribution in [0, 0.1) is 6.92 Å². The largest absolute Gasteiger partial charge is 0.481 e. The molecule has 1 amide bonds. The van der Waals surface area contributed by atoms with Gasteiger partial charge in [0.2, 0.25) is 0 Å². The maximum Gasteiger partial charge on any atom is 0.305 e. The first-order valence-corrected chi connectivity index (χ1v) is 8.16. The van der Waals surface area contributed by atoms with Crippen molar-refractivity contribution >= 4 is 11.9 Å². The van der Waals surface area contributed by atoms with Gasteiger partial charge in [-0.1, -0.05) is 49.4 Å². The molecule has 0 saturated carbocycles. The van der Waals surface area contributed by atoms with Crippen molar-refractivity contribution < 1.29 is 14.7 Å². The van der Waals surface area contributed by atoms with Crippen molar-refractivity contribution in [1.82, 2.24) is 4.90 Å². The lowest BCUT2D eigenvalue weighted by atomic mass is 10.0. The minimum atomic E-state index is -0.902. The number of carbonyl (C=O) groups excluding carboxylic acids is 1. The second-order valence-corrected chi connectivity index (χ2v) is 5.81. The summed E-state index contributed by atoms with van der Waals surface area (Å²) in [5, 5.41) is 9.00. The molecule has 0 spiro atoms. The minimum Gasteiger partial charge on any atom is -0.481 e. The maximum absolute atomic E-state index is 13.0. The summed E-state index contributed by atoms with van der Waals surface area (Å²) < 4.78 is 0. The summed E-state index contributed by atoms with van der Waals surface area (Å²) in [6, 6.07) is 15.4. The Morgan fingerprint density at radius 2 is 1.62 bits per heavy atom. The second-order valence-electron chi connectivity index (χ2n) is 5.81. The van der Waals surface area contributed by atoms with Gasteiger partial charge in [-0.15, -0.1) is 0 Å². The van der Waals surface area contributed by atoms with Crippen LogP contribution in [0.25, 0.3) is 0 Å². The van der Waals surface area contributed by atoms with Crippen LogP contribution in [-0.4, -0.2) is 28.4 Å². The summed E-state index contributed by atoms with van der Waals surface area (Å²) in [4.78, 5) is 25.6. The monoisotopic (exact) mass is 325 g/mol. The first-order chi connectivity index (χ1) is 11.5. The maximum atomic E-state index is 13.0. The number of carbonyl (C=O) groups is 2. The number of carboxylic acid groups (broad SMARTS) is 1. The molecule has 2 rings (SSSR count). The van der Waals surface area contributed by atoms with Gasteiger partial charge in [-0.05, 0) is 36.1 Å². The standard InChI is InChI=1S/C20H23NO3/c1-3-16-9-6-7-11-18(16)20(24)21(13-12-19(22)23)14-17-10-5-4-8-15(17)2/h4-11H,3,12-14H2,1-2H3,(H,22,23). The van der Waals surface area contributed by atoms with Gasteiger partial charge in [-0.25, -0.2) is 0 Å². The molecule has 2 aromatic carbocycles. The number of rotatable bonds is 7. The molecule has 0 saturated heterocycles. The van der Waals surface area contributed by atoms with E-state index >= 15 is 0 Å². The van der Waals surface area contributed by atoms with Crippen molar-refractivity contribution in [2.24, 2.45) is 0 Å². The molecule has 0 fully saturated rings. The number of nitrogens with zero attached hydrogens (tertiary/aromatic N) is 1. The summed E-state index contributed by atoms with van der Waals surface area (Å²) in [6.45, 7) is 4.61. The molecule has 0 radical (unpaired) electrons. The van der Waals surface area contributed by atoms with E-state index in [1.54, 1.807) is 4.90 Å². The molecule has 1 N–H and O–H groups in total. The molecule has 0 aliphatic heterocycles. The van der Waals surface area contributed by atoms with Crippen molar-refractivity contribution in [3.05, 3.63) is 70.8 Å². The molecule has 4 nitrogen and oxygen atoms in total. The molecule has 0 aliphatic rings. The van der Waals surface area contributed by atoms with Gasteiger partial charge < -0.3 is 10.0 Å². The number of aliphatic carboxylic acids is 1. The minimum absolute atomic E-state index is 0.0636. The van der Waals surface area contributed by atoms with E-state index in [1.165, 1.54) is 0 Å². The zero-order valence-electron chi connectivity index (χ0n) is 14.2. The lowest BCUT2D eigenvalue weighted by molar-refractivity contribution is -0.137. The highest BCUT2D eigenvalue weighted by molar-refractivity contribution is 5.95. The molecule has 4 heteroatoms. The fourth-order valence-electron chi connectivity index (χ4n) is 2.68. The van der Waals surface area contributed by atoms with Gasteiger partial charge in [0.15, 0.2) is 0 Å².